The van der Waals surface area contributed by atoms with Crippen LogP contribution in [0.5, 0.6) is 0 Å². The van der Waals surface area contributed by atoms with E-state index in [1.807, 2.05) is 6.07 Å². The zero-order chi connectivity index (χ0) is 17.0. The van der Waals surface area contributed by atoms with Crippen LogP contribution in [0.1, 0.15) is 25.7 Å². The van der Waals surface area contributed by atoms with Gasteiger partial charge in [0.15, 0.2) is 5.11 Å². The molecule has 0 unspecified atom stereocenters. The Bertz CT molecular complexity index is 682. The largest absolute Gasteiger partial charge is 0.379 e. The van der Waals surface area contributed by atoms with Gasteiger partial charge in [0.25, 0.3) is 0 Å². The first kappa shape index (κ1) is 17.6. The van der Waals surface area contributed by atoms with Gasteiger partial charge in [-0.05, 0) is 43.3 Å². The predicted molar refractivity (Wildman–Crippen MR) is 97.6 cm³/mol. The summed E-state index contributed by atoms with van der Waals surface area (Å²) in [5.74, 6) is 0. The van der Waals surface area contributed by atoms with E-state index in [2.05, 4.69) is 10.6 Å². The topological polar surface area (TPSA) is 70.7 Å². The lowest BCUT2D eigenvalue weighted by atomic mass is 10.2. The predicted octanol–water partition coefficient (Wildman–Crippen LogP) is 1.94. The molecule has 1 aliphatic heterocycles. The van der Waals surface area contributed by atoms with Crippen LogP contribution in [0.2, 0.25) is 0 Å². The van der Waals surface area contributed by atoms with Gasteiger partial charge >= 0.3 is 0 Å². The van der Waals surface area contributed by atoms with E-state index in [9.17, 15) is 8.42 Å². The summed E-state index contributed by atoms with van der Waals surface area (Å²) in [6.07, 6.45) is 4.72. The van der Waals surface area contributed by atoms with Gasteiger partial charge in [-0.1, -0.05) is 18.9 Å². The Morgan fingerprint density at radius 1 is 1.21 bits per heavy atom. The fourth-order valence-electron chi connectivity index (χ4n) is 3.09. The fourth-order valence-corrected chi connectivity index (χ4v) is 4.83. The molecule has 0 aromatic heterocycles. The molecule has 1 aromatic rings. The molecule has 0 radical (unpaired) electrons. The van der Waals surface area contributed by atoms with Crippen LogP contribution in [0.15, 0.2) is 29.2 Å². The molecule has 0 bridgehead atoms. The third-order valence-corrected chi connectivity index (χ3v) is 6.50. The molecule has 2 N–H and O–H groups in total. The van der Waals surface area contributed by atoms with Crippen LogP contribution in [0.3, 0.4) is 0 Å². The highest BCUT2D eigenvalue weighted by Crippen LogP contribution is 2.21. The van der Waals surface area contributed by atoms with Gasteiger partial charge in [0.2, 0.25) is 10.0 Å². The van der Waals surface area contributed by atoms with Gasteiger partial charge in [-0.3, -0.25) is 0 Å². The number of rotatable bonds is 4. The van der Waals surface area contributed by atoms with E-state index in [1.165, 1.54) is 17.1 Å². The van der Waals surface area contributed by atoms with Gasteiger partial charge < -0.3 is 15.4 Å². The summed E-state index contributed by atoms with van der Waals surface area (Å²) < 4.78 is 32.1. The number of nitrogens with zero attached hydrogens (tertiary/aromatic N) is 1. The highest BCUT2D eigenvalue weighted by molar-refractivity contribution is 7.89. The normalized spacial score (nSPS) is 20.0. The van der Waals surface area contributed by atoms with Gasteiger partial charge in [-0.15, -0.1) is 0 Å². The average Bonchev–Trinajstić information content (AvgIpc) is 3.08. The first-order chi connectivity index (χ1) is 11.6. The van der Waals surface area contributed by atoms with Crippen LogP contribution in [0.4, 0.5) is 5.69 Å². The molecule has 0 atom stereocenters. The Morgan fingerprint density at radius 2 is 1.92 bits per heavy atom. The lowest BCUT2D eigenvalue weighted by molar-refractivity contribution is 0.0730. The van der Waals surface area contributed by atoms with Crippen molar-refractivity contribution in [1.82, 2.24) is 9.62 Å². The van der Waals surface area contributed by atoms with Crippen molar-refractivity contribution in [3.05, 3.63) is 24.3 Å². The Balaban J connectivity index is 1.67. The molecule has 0 spiro atoms. The zero-order valence-corrected chi connectivity index (χ0v) is 15.2. The van der Waals surface area contributed by atoms with Crippen LogP contribution in [-0.4, -0.2) is 50.2 Å². The standard InChI is InChI=1S/C16H23N3O3S2/c20-24(21,19-8-10-22-11-9-19)15-7-3-6-14(12-15)18-16(23)17-13-4-1-2-5-13/h3,6-7,12-13H,1-2,4-5,8-11H2,(H2,17,18,23). The van der Waals surface area contributed by atoms with Crippen molar-refractivity contribution in [3.63, 3.8) is 0 Å². The minimum Gasteiger partial charge on any atom is -0.379 e. The molecule has 1 saturated carbocycles. The lowest BCUT2D eigenvalue weighted by Gasteiger charge is -2.26. The maximum atomic E-state index is 12.7. The molecular weight excluding hydrogens is 346 g/mol. The van der Waals surface area contributed by atoms with Crippen molar-refractivity contribution in [2.24, 2.45) is 0 Å². The number of sulfonamides is 1. The molecule has 24 heavy (non-hydrogen) atoms. The Kier molecular flexibility index (Phi) is 5.70. The van der Waals surface area contributed by atoms with E-state index in [1.54, 1.807) is 18.2 Å². The molecule has 3 rings (SSSR count). The summed E-state index contributed by atoms with van der Waals surface area (Å²) in [6, 6.07) is 7.22. The Labute approximate surface area is 148 Å². The number of thiocarbonyl (C=S) groups is 1. The van der Waals surface area contributed by atoms with Gasteiger partial charge in [0.05, 0.1) is 18.1 Å². The van der Waals surface area contributed by atoms with Crippen LogP contribution < -0.4 is 10.6 Å². The van der Waals surface area contributed by atoms with Crippen molar-refractivity contribution < 1.29 is 13.2 Å². The van der Waals surface area contributed by atoms with E-state index in [-0.39, 0.29) is 4.90 Å². The molecule has 2 aliphatic rings. The summed E-state index contributed by atoms with van der Waals surface area (Å²) in [4.78, 5) is 0.276. The first-order valence-electron chi connectivity index (χ1n) is 8.31. The molecule has 2 fully saturated rings. The van der Waals surface area contributed by atoms with Crippen LogP contribution >= 0.6 is 12.2 Å². The van der Waals surface area contributed by atoms with E-state index in [0.717, 1.165) is 12.8 Å². The second kappa shape index (κ2) is 7.77. The zero-order valence-electron chi connectivity index (χ0n) is 13.5. The van der Waals surface area contributed by atoms with Crippen molar-refractivity contribution in [2.45, 2.75) is 36.6 Å². The monoisotopic (exact) mass is 369 g/mol. The molecule has 1 saturated heterocycles. The lowest BCUT2D eigenvalue weighted by Crippen LogP contribution is -2.40. The van der Waals surface area contributed by atoms with Gasteiger partial charge in [0.1, 0.15) is 0 Å². The van der Waals surface area contributed by atoms with E-state index < -0.39 is 10.0 Å². The summed E-state index contributed by atoms with van der Waals surface area (Å²) in [7, 11) is -3.49. The Morgan fingerprint density at radius 3 is 2.62 bits per heavy atom. The highest BCUT2D eigenvalue weighted by Gasteiger charge is 2.26. The fraction of sp³-hybridized carbons (Fsp3) is 0.562. The summed E-state index contributed by atoms with van der Waals surface area (Å²) in [6.45, 7) is 1.66. The minimum atomic E-state index is -3.49. The molecule has 0 amide bonds. The van der Waals surface area contributed by atoms with Crippen molar-refractivity contribution in [3.8, 4) is 0 Å². The summed E-state index contributed by atoms with van der Waals surface area (Å²) >= 11 is 5.34. The second-order valence-electron chi connectivity index (χ2n) is 6.12. The SMILES string of the molecule is O=S(=O)(c1cccc(NC(=S)NC2CCCC2)c1)N1CCOCC1. The molecule has 1 aliphatic carbocycles. The number of hydrogen-bond donors (Lipinski definition) is 2. The van der Waals surface area contributed by atoms with Gasteiger partial charge in [0, 0.05) is 24.8 Å². The van der Waals surface area contributed by atoms with Gasteiger partial charge in [-0.2, -0.15) is 4.31 Å². The second-order valence-corrected chi connectivity index (χ2v) is 8.47. The number of anilines is 1. The highest BCUT2D eigenvalue weighted by atomic mass is 32.2. The van der Waals surface area contributed by atoms with Crippen molar-refractivity contribution in [1.29, 1.82) is 0 Å². The molecular formula is C16H23N3O3S2. The number of hydrogen-bond acceptors (Lipinski definition) is 4. The van der Waals surface area contributed by atoms with E-state index >= 15 is 0 Å². The van der Waals surface area contributed by atoms with Gasteiger partial charge in [-0.25, -0.2) is 8.42 Å². The third-order valence-electron chi connectivity index (χ3n) is 4.39. The minimum absolute atomic E-state index is 0.276. The summed E-state index contributed by atoms with van der Waals surface area (Å²) in [5.41, 5.74) is 0.680. The molecule has 6 nitrogen and oxygen atoms in total. The number of nitrogens with one attached hydrogen (secondary N) is 2. The molecule has 1 heterocycles. The quantitative estimate of drug-likeness (QED) is 0.791. The number of morpholine rings is 1. The molecule has 1 aromatic carbocycles. The maximum absolute atomic E-state index is 12.7. The van der Waals surface area contributed by atoms with Crippen LogP contribution in [-0.2, 0) is 14.8 Å². The van der Waals surface area contributed by atoms with Crippen LogP contribution in [0, 0.1) is 0 Å². The molecule has 132 valence electrons. The Hall–Kier alpha value is -1.22. The average molecular weight is 370 g/mol. The first-order valence-corrected chi connectivity index (χ1v) is 10.2. The maximum Gasteiger partial charge on any atom is 0.243 e. The van der Waals surface area contributed by atoms with Crippen molar-refractivity contribution in [2.75, 3.05) is 31.6 Å². The smallest absolute Gasteiger partial charge is 0.243 e. The van der Waals surface area contributed by atoms with E-state index in [4.69, 9.17) is 17.0 Å². The van der Waals surface area contributed by atoms with Crippen molar-refractivity contribution >= 4 is 33.0 Å². The number of ether oxygens (including phenoxy) is 1. The number of benzene rings is 1. The van der Waals surface area contributed by atoms with Crippen LogP contribution in [0.25, 0.3) is 0 Å². The summed E-state index contributed by atoms with van der Waals surface area (Å²) in [5, 5.41) is 6.93. The third kappa shape index (κ3) is 4.24. The molecule has 8 heteroatoms. The van der Waals surface area contributed by atoms with E-state index in [0.29, 0.717) is 43.1 Å².